The molecule has 0 radical (unpaired) electrons. The number of allylic oxidation sites excluding steroid dienone is 2. The normalized spacial score (nSPS) is 13.3. The van der Waals surface area contributed by atoms with Gasteiger partial charge >= 0.3 is 0 Å². The molecule has 0 aromatic heterocycles. The lowest BCUT2D eigenvalue weighted by Crippen LogP contribution is -2.05. The Labute approximate surface area is 335 Å². The van der Waals surface area contributed by atoms with E-state index in [1.807, 2.05) is 0 Å². The van der Waals surface area contributed by atoms with E-state index >= 15 is 0 Å². The molecule has 0 spiro atoms. The summed E-state index contributed by atoms with van der Waals surface area (Å²) in [6.45, 7) is 13.9. The molecule has 2 heteroatoms. The second-order valence-electron chi connectivity index (χ2n) is 16.9. The molecule has 0 saturated carbocycles. The molecule has 1 aliphatic rings. The third-order valence-electron chi connectivity index (χ3n) is 11.8. The van der Waals surface area contributed by atoms with Gasteiger partial charge in [0.1, 0.15) is 0 Å². The van der Waals surface area contributed by atoms with E-state index in [9.17, 15) is 5.53 Å². The SMILES string of the molecule is CCCCCCCCC1=C(c2cc(CCCCC)cc(CCCCCC)c2)[N+](=[N-])C(c2cc(CCCCC)cc(CCCCCC)c2)=C1CCCCCC. The van der Waals surface area contributed by atoms with Gasteiger partial charge in [-0.1, -0.05) is 169 Å². The van der Waals surface area contributed by atoms with E-state index in [4.69, 9.17) is 0 Å². The number of hydrogen-bond acceptors (Lipinski definition) is 0. The van der Waals surface area contributed by atoms with E-state index in [1.54, 1.807) is 4.70 Å². The molecule has 0 aliphatic carbocycles. The highest BCUT2D eigenvalue weighted by molar-refractivity contribution is 5.82. The molecule has 0 atom stereocenters. The van der Waals surface area contributed by atoms with Crippen LogP contribution in [0.1, 0.15) is 242 Å². The molecule has 1 aliphatic heterocycles. The summed E-state index contributed by atoms with van der Waals surface area (Å²) in [7, 11) is 0. The maximum Gasteiger partial charge on any atom is 0.211 e. The fourth-order valence-electron chi connectivity index (χ4n) is 8.64. The smallest absolute Gasteiger partial charge is 0.211 e. The van der Waals surface area contributed by atoms with Crippen LogP contribution in [0.2, 0.25) is 0 Å². The summed E-state index contributed by atoms with van der Waals surface area (Å²) in [5, 5.41) is 0. The lowest BCUT2D eigenvalue weighted by molar-refractivity contribution is -0.345. The van der Waals surface area contributed by atoms with Crippen molar-refractivity contribution in [1.82, 2.24) is 0 Å². The number of hydrogen-bond donors (Lipinski definition) is 0. The molecule has 0 fully saturated rings. The van der Waals surface area contributed by atoms with Gasteiger partial charge in [0.2, 0.25) is 11.4 Å². The summed E-state index contributed by atoms with van der Waals surface area (Å²) in [4.78, 5) is 0. The summed E-state index contributed by atoms with van der Waals surface area (Å²) in [6, 6.07) is 14.8. The lowest BCUT2D eigenvalue weighted by Gasteiger charge is -2.15. The van der Waals surface area contributed by atoms with Gasteiger partial charge in [0.05, 0.1) is 0 Å². The van der Waals surface area contributed by atoms with Gasteiger partial charge in [-0.15, -0.1) is 0 Å². The Balaban J connectivity index is 2.19. The topological polar surface area (TPSA) is 25.3 Å². The van der Waals surface area contributed by atoms with Crippen LogP contribution in [-0.4, -0.2) is 4.70 Å². The molecule has 54 heavy (non-hydrogen) atoms. The summed E-state index contributed by atoms with van der Waals surface area (Å²) >= 11 is 0. The van der Waals surface area contributed by atoms with Crippen molar-refractivity contribution in [3.05, 3.63) is 86.5 Å². The quantitative estimate of drug-likeness (QED) is 0.0528. The predicted molar refractivity (Wildman–Crippen MR) is 239 cm³/mol. The van der Waals surface area contributed by atoms with Crippen LogP contribution >= 0.6 is 0 Å². The molecule has 2 aromatic rings. The van der Waals surface area contributed by atoms with Gasteiger partial charge in [0.15, 0.2) is 0 Å². The molecular weight excluding hydrogens is 653 g/mol. The van der Waals surface area contributed by atoms with Crippen LogP contribution in [0.25, 0.3) is 16.9 Å². The molecule has 0 bridgehead atoms. The average molecular weight is 737 g/mol. The van der Waals surface area contributed by atoms with Crippen LogP contribution in [0.5, 0.6) is 0 Å². The third-order valence-corrected chi connectivity index (χ3v) is 11.8. The van der Waals surface area contributed by atoms with E-state index < -0.39 is 0 Å². The zero-order valence-corrected chi connectivity index (χ0v) is 36.6. The van der Waals surface area contributed by atoms with E-state index in [-0.39, 0.29) is 0 Å². The molecule has 0 saturated heterocycles. The van der Waals surface area contributed by atoms with Gasteiger partial charge in [-0.25, -0.2) is 4.70 Å². The van der Waals surface area contributed by atoms with Crippen molar-refractivity contribution in [2.75, 3.05) is 0 Å². The Bertz CT molecular complexity index is 1410. The molecule has 0 N–H and O–H groups in total. The maximum absolute atomic E-state index is 12.8. The van der Waals surface area contributed by atoms with Gasteiger partial charge in [-0.3, -0.25) is 0 Å². The van der Waals surface area contributed by atoms with Crippen molar-refractivity contribution in [2.24, 2.45) is 0 Å². The number of rotatable bonds is 32. The summed E-state index contributed by atoms with van der Waals surface area (Å²) in [5.41, 5.74) is 26.1. The second-order valence-corrected chi connectivity index (χ2v) is 16.9. The highest BCUT2D eigenvalue weighted by Crippen LogP contribution is 2.45. The number of unbranched alkanes of at least 4 members (excludes halogenated alkanes) is 18. The van der Waals surface area contributed by atoms with Gasteiger partial charge in [-0.05, 0) is 124 Å². The fraction of sp³-hybridized carbons (Fsp3) is 0.692. The standard InChI is InChI=1S/C52H84N2/c1-7-13-19-23-24-30-36-50-49(35-29-22-16-10-4)51(47-39-43(31-25-17-11-5)37-45(41-47)33-27-20-14-8-2)54(53)52(50)48-40-44(32-26-18-12-6)38-46(42-48)34-28-21-15-9-3/h37-42H,7-36H2,1-6H3. The van der Waals surface area contributed by atoms with Crippen LogP contribution in [0.15, 0.2) is 47.5 Å². The molecule has 0 amide bonds. The summed E-state index contributed by atoms with van der Waals surface area (Å²) in [6.07, 6.45) is 37.1. The molecule has 1 heterocycles. The van der Waals surface area contributed by atoms with Crippen molar-refractivity contribution >= 4 is 11.4 Å². The van der Waals surface area contributed by atoms with E-state index in [0.717, 1.165) is 49.9 Å². The van der Waals surface area contributed by atoms with Gasteiger partial charge in [0, 0.05) is 22.3 Å². The first-order valence-electron chi connectivity index (χ1n) is 23.7. The Kier molecular flexibility index (Phi) is 23.8. The van der Waals surface area contributed by atoms with Crippen LogP contribution in [0.3, 0.4) is 0 Å². The minimum atomic E-state index is 1.05. The van der Waals surface area contributed by atoms with Crippen LogP contribution in [0, 0.1) is 0 Å². The maximum atomic E-state index is 12.8. The molecular formula is C52H84N2. The van der Waals surface area contributed by atoms with Crippen molar-refractivity contribution in [3.8, 4) is 0 Å². The Morgan fingerprint density at radius 2 is 0.556 bits per heavy atom. The number of aryl methyl sites for hydroxylation is 4. The largest absolute Gasteiger partial charge is 0.493 e. The van der Waals surface area contributed by atoms with Crippen molar-refractivity contribution in [3.63, 3.8) is 0 Å². The Hall–Kier alpha value is -2.48. The van der Waals surface area contributed by atoms with Gasteiger partial charge < -0.3 is 5.53 Å². The summed E-state index contributed by atoms with van der Waals surface area (Å²) < 4.78 is 1.71. The Morgan fingerprint density at radius 3 is 0.889 bits per heavy atom. The second kappa shape index (κ2) is 28.0. The average Bonchev–Trinajstić information content (AvgIpc) is 3.45. The Morgan fingerprint density at radius 1 is 0.315 bits per heavy atom. The van der Waals surface area contributed by atoms with Crippen LogP contribution in [0.4, 0.5) is 0 Å². The molecule has 2 aromatic carbocycles. The zero-order valence-electron chi connectivity index (χ0n) is 36.6. The fourth-order valence-corrected chi connectivity index (χ4v) is 8.64. The first kappa shape index (κ1) is 45.9. The minimum Gasteiger partial charge on any atom is -0.493 e. The minimum absolute atomic E-state index is 1.05. The zero-order chi connectivity index (χ0) is 38.8. The van der Waals surface area contributed by atoms with E-state index in [0.29, 0.717) is 0 Å². The van der Waals surface area contributed by atoms with Gasteiger partial charge in [0.25, 0.3) is 0 Å². The van der Waals surface area contributed by atoms with E-state index in [1.165, 1.54) is 199 Å². The molecule has 2 nitrogen and oxygen atoms in total. The molecule has 302 valence electrons. The van der Waals surface area contributed by atoms with Crippen molar-refractivity contribution < 1.29 is 4.70 Å². The monoisotopic (exact) mass is 737 g/mol. The van der Waals surface area contributed by atoms with Crippen LogP contribution in [-0.2, 0) is 25.7 Å². The summed E-state index contributed by atoms with van der Waals surface area (Å²) in [5.74, 6) is 0. The molecule has 3 rings (SSSR count). The molecule has 0 unspecified atom stereocenters. The van der Waals surface area contributed by atoms with Crippen molar-refractivity contribution in [2.45, 2.75) is 234 Å². The van der Waals surface area contributed by atoms with Crippen LogP contribution < -0.4 is 0 Å². The first-order chi connectivity index (χ1) is 26.5. The third kappa shape index (κ3) is 15.9. The van der Waals surface area contributed by atoms with Crippen molar-refractivity contribution in [1.29, 1.82) is 0 Å². The lowest BCUT2D eigenvalue weighted by atomic mass is 9.89. The first-order valence-corrected chi connectivity index (χ1v) is 23.7. The van der Waals surface area contributed by atoms with E-state index in [2.05, 4.69) is 77.9 Å². The highest BCUT2D eigenvalue weighted by Gasteiger charge is 2.36. The van der Waals surface area contributed by atoms with Gasteiger partial charge in [-0.2, -0.15) is 0 Å². The highest BCUT2D eigenvalue weighted by atomic mass is 15.2. The number of nitrogens with zero attached hydrogens (tertiary/aromatic N) is 2. The predicted octanol–water partition coefficient (Wildman–Crippen LogP) is 17.3. The number of benzene rings is 2.